The summed E-state index contributed by atoms with van der Waals surface area (Å²) in [6.07, 6.45) is 4.26. The molecule has 3 aromatic carbocycles. The maximum atomic E-state index is 10.9. The molecule has 0 aliphatic rings. The van der Waals surface area contributed by atoms with Gasteiger partial charge in [-0.15, -0.1) is 0 Å². The third-order valence-electron chi connectivity index (χ3n) is 5.94. The highest BCUT2D eigenvalue weighted by atomic mass is 32.1. The van der Waals surface area contributed by atoms with Crippen LogP contribution in [0, 0.1) is 5.92 Å². The normalized spacial score (nSPS) is 11.7. The summed E-state index contributed by atoms with van der Waals surface area (Å²) in [5, 5.41) is 10.9. The van der Waals surface area contributed by atoms with Crippen LogP contribution in [0.1, 0.15) is 62.3 Å². The van der Waals surface area contributed by atoms with Gasteiger partial charge in [0.1, 0.15) is 5.75 Å². The van der Waals surface area contributed by atoms with Crippen LogP contribution in [0.25, 0.3) is 0 Å². The highest BCUT2D eigenvalue weighted by Gasteiger charge is 2.34. The Labute approximate surface area is 181 Å². The van der Waals surface area contributed by atoms with Crippen molar-refractivity contribution in [3.8, 4) is 5.75 Å². The van der Waals surface area contributed by atoms with E-state index in [0.717, 1.165) is 30.4 Å². The number of hydrogen-bond donors (Lipinski definition) is 1. The molecule has 0 aliphatic carbocycles. The molecule has 29 heavy (non-hydrogen) atoms. The van der Waals surface area contributed by atoms with Crippen molar-refractivity contribution in [2.75, 3.05) is 0 Å². The smallest absolute Gasteiger partial charge is 0.137 e. The predicted octanol–water partition coefficient (Wildman–Crippen LogP) is 7.67. The van der Waals surface area contributed by atoms with E-state index in [0.29, 0.717) is 10.8 Å². The molecule has 151 valence electrons. The largest absolute Gasteiger partial charge is 0.506 e. The molecule has 0 atom stereocenters. The van der Waals surface area contributed by atoms with Gasteiger partial charge in [0.25, 0.3) is 0 Å². The number of benzene rings is 3. The third-order valence-corrected chi connectivity index (χ3v) is 6.27. The zero-order chi connectivity index (χ0) is 20.9. The molecule has 0 fully saturated rings. The monoisotopic (exact) mass is 403 g/mol. The topological polar surface area (TPSA) is 20.2 Å². The summed E-state index contributed by atoms with van der Waals surface area (Å²) < 4.78 is 0. The molecule has 0 amide bonds. The molecule has 3 aromatic rings. The summed E-state index contributed by atoms with van der Waals surface area (Å²) in [6, 6.07) is 25.1. The number of aromatic hydroxyl groups is 1. The van der Waals surface area contributed by atoms with Gasteiger partial charge in [0.2, 0.25) is 0 Å². The van der Waals surface area contributed by atoms with Crippen molar-refractivity contribution in [3.63, 3.8) is 0 Å². The van der Waals surface area contributed by atoms with Crippen LogP contribution in [-0.2, 0) is 11.8 Å². The van der Waals surface area contributed by atoms with Gasteiger partial charge in [-0.1, -0.05) is 106 Å². The van der Waals surface area contributed by atoms with Crippen LogP contribution in [0.4, 0.5) is 0 Å². The Morgan fingerprint density at radius 2 is 1.38 bits per heavy atom. The SMILES string of the molecule is CC(C)CCCCc1c(C(C)(c2ccccc2)c2ccccc2)ccc([S])c1O. The molecule has 0 aromatic heterocycles. The van der Waals surface area contributed by atoms with E-state index in [1.54, 1.807) is 0 Å². The van der Waals surface area contributed by atoms with Crippen LogP contribution in [0.3, 0.4) is 0 Å². The van der Waals surface area contributed by atoms with Crippen LogP contribution >= 0.6 is 12.6 Å². The van der Waals surface area contributed by atoms with Gasteiger partial charge in [-0.05, 0) is 54.0 Å². The van der Waals surface area contributed by atoms with Crippen LogP contribution in [0.5, 0.6) is 5.75 Å². The van der Waals surface area contributed by atoms with Gasteiger partial charge in [-0.25, -0.2) is 0 Å². The van der Waals surface area contributed by atoms with Gasteiger partial charge in [-0.2, -0.15) is 0 Å². The molecule has 0 aliphatic heterocycles. The van der Waals surface area contributed by atoms with E-state index in [1.165, 1.54) is 17.5 Å². The van der Waals surface area contributed by atoms with Crippen molar-refractivity contribution in [3.05, 3.63) is 95.1 Å². The van der Waals surface area contributed by atoms with E-state index in [2.05, 4.69) is 75.4 Å². The van der Waals surface area contributed by atoms with Crippen LogP contribution in [0.15, 0.2) is 77.7 Å². The highest BCUT2D eigenvalue weighted by Crippen LogP contribution is 2.44. The molecule has 1 radical (unpaired) electrons. The average Bonchev–Trinajstić information content (AvgIpc) is 2.74. The fourth-order valence-corrected chi connectivity index (χ4v) is 4.40. The summed E-state index contributed by atoms with van der Waals surface area (Å²) in [5.41, 5.74) is 4.20. The summed E-state index contributed by atoms with van der Waals surface area (Å²) in [5.74, 6) is 0.979. The van der Waals surface area contributed by atoms with Crippen molar-refractivity contribution in [2.45, 2.75) is 56.8 Å². The summed E-state index contributed by atoms with van der Waals surface area (Å²) in [7, 11) is 0. The van der Waals surface area contributed by atoms with Gasteiger partial charge in [0.05, 0.1) is 4.90 Å². The molecule has 0 bridgehead atoms. The highest BCUT2D eigenvalue weighted by molar-refractivity contribution is 7.80. The van der Waals surface area contributed by atoms with Crippen molar-refractivity contribution < 1.29 is 5.11 Å². The van der Waals surface area contributed by atoms with Gasteiger partial charge >= 0.3 is 0 Å². The van der Waals surface area contributed by atoms with Crippen LogP contribution in [0.2, 0.25) is 0 Å². The number of unbranched alkanes of at least 4 members (excludes halogenated alkanes) is 1. The van der Waals surface area contributed by atoms with Gasteiger partial charge in [0, 0.05) is 5.41 Å². The first-order valence-corrected chi connectivity index (χ1v) is 11.0. The maximum absolute atomic E-state index is 10.9. The number of rotatable bonds is 8. The molecule has 0 spiro atoms. The first-order valence-electron chi connectivity index (χ1n) is 10.6. The van der Waals surface area contributed by atoms with Gasteiger partial charge in [0.15, 0.2) is 0 Å². The lowest BCUT2D eigenvalue weighted by molar-refractivity contribution is 0.448. The number of phenols is 1. The second-order valence-corrected chi connectivity index (χ2v) is 8.87. The zero-order valence-electron chi connectivity index (χ0n) is 17.7. The molecule has 2 heteroatoms. The first kappa shape index (κ1) is 21.4. The summed E-state index contributed by atoms with van der Waals surface area (Å²) >= 11 is 5.43. The lowest BCUT2D eigenvalue weighted by Crippen LogP contribution is -2.27. The Kier molecular flexibility index (Phi) is 6.97. The standard InChI is InChI=1S/C27H31OS/c1-20(2)12-10-11-17-23-24(18-19-25(29)26(23)28)27(3,21-13-6-4-7-14-21)22-15-8-5-9-16-22/h4-9,13-16,18-20,28H,10-12,17H2,1-3H3. The second-order valence-electron chi connectivity index (χ2n) is 8.44. The molecular weight excluding hydrogens is 372 g/mol. The van der Waals surface area contributed by atoms with E-state index in [-0.39, 0.29) is 11.2 Å². The molecule has 1 N–H and O–H groups in total. The van der Waals surface area contributed by atoms with Crippen molar-refractivity contribution in [1.82, 2.24) is 0 Å². The molecule has 0 saturated heterocycles. The van der Waals surface area contributed by atoms with Crippen molar-refractivity contribution in [1.29, 1.82) is 0 Å². The Morgan fingerprint density at radius 3 is 1.90 bits per heavy atom. The Morgan fingerprint density at radius 1 is 0.828 bits per heavy atom. The van der Waals surface area contributed by atoms with E-state index in [4.69, 9.17) is 12.6 Å². The van der Waals surface area contributed by atoms with Crippen molar-refractivity contribution >= 4 is 12.6 Å². The van der Waals surface area contributed by atoms with E-state index in [1.807, 2.05) is 18.2 Å². The molecule has 1 nitrogen and oxygen atoms in total. The fourth-order valence-electron chi connectivity index (χ4n) is 4.21. The van der Waals surface area contributed by atoms with E-state index < -0.39 is 0 Å². The van der Waals surface area contributed by atoms with E-state index in [9.17, 15) is 5.11 Å². The minimum atomic E-state index is -0.365. The Bertz CT molecular complexity index is 877. The second kappa shape index (κ2) is 9.45. The molecule has 0 heterocycles. The van der Waals surface area contributed by atoms with Crippen LogP contribution < -0.4 is 0 Å². The molecule has 0 unspecified atom stereocenters. The quantitative estimate of drug-likeness (QED) is 0.302. The lowest BCUT2D eigenvalue weighted by atomic mass is 9.69. The Balaban J connectivity index is 2.12. The minimum Gasteiger partial charge on any atom is -0.506 e. The number of phenolic OH excluding ortho intramolecular Hbond substituents is 1. The molecule has 3 rings (SSSR count). The number of hydrogen-bond acceptors (Lipinski definition) is 1. The van der Waals surface area contributed by atoms with E-state index >= 15 is 0 Å². The average molecular weight is 404 g/mol. The van der Waals surface area contributed by atoms with Crippen LogP contribution in [-0.4, -0.2) is 5.11 Å². The summed E-state index contributed by atoms with van der Waals surface area (Å²) in [4.78, 5) is 0.538. The van der Waals surface area contributed by atoms with Gasteiger partial charge < -0.3 is 5.11 Å². The Hall–Kier alpha value is -2.32. The first-order chi connectivity index (χ1) is 13.9. The molecular formula is C27H31OS. The lowest BCUT2D eigenvalue weighted by Gasteiger charge is -2.34. The fraction of sp³-hybridized carbons (Fsp3) is 0.333. The van der Waals surface area contributed by atoms with Crippen molar-refractivity contribution in [2.24, 2.45) is 5.92 Å². The van der Waals surface area contributed by atoms with Gasteiger partial charge in [-0.3, -0.25) is 0 Å². The predicted molar refractivity (Wildman–Crippen MR) is 125 cm³/mol. The third kappa shape index (κ3) is 4.64. The molecule has 0 saturated carbocycles. The zero-order valence-corrected chi connectivity index (χ0v) is 18.5. The maximum Gasteiger partial charge on any atom is 0.137 e. The minimum absolute atomic E-state index is 0.278. The summed E-state index contributed by atoms with van der Waals surface area (Å²) in [6.45, 7) is 6.77.